The summed E-state index contributed by atoms with van der Waals surface area (Å²) in [6, 6.07) is 3.93. The fourth-order valence-corrected chi connectivity index (χ4v) is 1.25. The summed E-state index contributed by atoms with van der Waals surface area (Å²) in [6.45, 7) is 2.62. The Labute approximate surface area is 88.7 Å². The van der Waals surface area contributed by atoms with Gasteiger partial charge in [0.2, 0.25) is 0 Å². The number of pyridine rings is 1. The normalized spacial score (nSPS) is 9.50. The zero-order valence-corrected chi connectivity index (χ0v) is 8.80. The SMILES string of the molecule is Cc1nccc(NCCCC#N)c1Cl. The van der Waals surface area contributed by atoms with Gasteiger partial charge in [0.15, 0.2) is 0 Å². The van der Waals surface area contributed by atoms with Gasteiger partial charge in [0, 0.05) is 19.2 Å². The van der Waals surface area contributed by atoms with Gasteiger partial charge >= 0.3 is 0 Å². The van der Waals surface area contributed by atoms with Crippen LogP contribution in [0.2, 0.25) is 5.02 Å². The lowest BCUT2D eigenvalue weighted by Gasteiger charge is -2.07. The van der Waals surface area contributed by atoms with Crippen LogP contribution in [0.15, 0.2) is 12.3 Å². The molecule has 0 aliphatic carbocycles. The number of aryl methyl sites for hydroxylation is 1. The lowest BCUT2D eigenvalue weighted by Crippen LogP contribution is -2.02. The standard InChI is InChI=1S/C10H12ClN3/c1-8-10(11)9(4-7-13-8)14-6-3-2-5-12/h4,7H,2-3,6H2,1H3,(H,13,14). The predicted octanol–water partition coefficient (Wildman–Crippen LogP) is 2.76. The van der Waals surface area contributed by atoms with Crippen molar-refractivity contribution in [2.24, 2.45) is 0 Å². The Morgan fingerprint density at radius 3 is 3.14 bits per heavy atom. The van der Waals surface area contributed by atoms with Crippen molar-refractivity contribution in [2.45, 2.75) is 19.8 Å². The van der Waals surface area contributed by atoms with E-state index in [1.807, 2.05) is 13.0 Å². The molecule has 0 unspecified atom stereocenters. The maximum atomic E-state index is 8.35. The van der Waals surface area contributed by atoms with Gasteiger partial charge in [0.1, 0.15) is 0 Å². The minimum Gasteiger partial charge on any atom is -0.384 e. The maximum Gasteiger partial charge on any atom is 0.0849 e. The summed E-state index contributed by atoms with van der Waals surface area (Å²) >= 11 is 6.02. The van der Waals surface area contributed by atoms with Crippen molar-refractivity contribution in [3.63, 3.8) is 0 Å². The number of unbranched alkanes of at least 4 members (excludes halogenated alkanes) is 1. The van der Waals surface area contributed by atoms with Crippen LogP contribution in [-0.2, 0) is 0 Å². The third-order valence-electron chi connectivity index (χ3n) is 1.84. The number of nitrogens with zero attached hydrogens (tertiary/aromatic N) is 2. The van der Waals surface area contributed by atoms with Crippen molar-refractivity contribution < 1.29 is 0 Å². The van der Waals surface area contributed by atoms with Gasteiger partial charge in [-0.05, 0) is 19.4 Å². The molecule has 1 rings (SSSR count). The minimum absolute atomic E-state index is 0.564. The fourth-order valence-electron chi connectivity index (χ4n) is 1.08. The van der Waals surface area contributed by atoms with Crippen LogP contribution in [0.1, 0.15) is 18.5 Å². The first-order chi connectivity index (χ1) is 6.75. The summed E-state index contributed by atoms with van der Waals surface area (Å²) in [5.41, 5.74) is 1.70. The van der Waals surface area contributed by atoms with Gasteiger partial charge < -0.3 is 5.32 Å². The van der Waals surface area contributed by atoms with Gasteiger partial charge in [0.25, 0.3) is 0 Å². The van der Waals surface area contributed by atoms with Crippen molar-refractivity contribution in [1.29, 1.82) is 5.26 Å². The van der Waals surface area contributed by atoms with Gasteiger partial charge in [-0.15, -0.1) is 0 Å². The van der Waals surface area contributed by atoms with E-state index in [2.05, 4.69) is 16.4 Å². The molecule has 0 bridgehead atoms. The highest BCUT2D eigenvalue weighted by Gasteiger charge is 2.01. The summed E-state index contributed by atoms with van der Waals surface area (Å²) in [5.74, 6) is 0. The van der Waals surface area contributed by atoms with Gasteiger partial charge in [-0.1, -0.05) is 11.6 Å². The molecule has 0 fully saturated rings. The van der Waals surface area contributed by atoms with E-state index in [1.165, 1.54) is 0 Å². The fraction of sp³-hybridized carbons (Fsp3) is 0.400. The number of rotatable bonds is 4. The molecule has 1 aromatic heterocycles. The molecule has 4 heteroatoms. The van der Waals surface area contributed by atoms with Crippen molar-refractivity contribution >= 4 is 17.3 Å². The molecule has 0 aromatic carbocycles. The lowest BCUT2D eigenvalue weighted by molar-refractivity contribution is 0.897. The van der Waals surface area contributed by atoms with E-state index in [4.69, 9.17) is 16.9 Å². The van der Waals surface area contributed by atoms with Gasteiger partial charge in [-0.2, -0.15) is 5.26 Å². The number of hydrogen-bond donors (Lipinski definition) is 1. The Morgan fingerprint density at radius 1 is 1.64 bits per heavy atom. The third-order valence-corrected chi connectivity index (χ3v) is 2.32. The number of nitriles is 1. The Bertz CT molecular complexity index is 344. The second-order valence-corrected chi connectivity index (χ2v) is 3.32. The van der Waals surface area contributed by atoms with Crippen LogP contribution in [0.5, 0.6) is 0 Å². The smallest absolute Gasteiger partial charge is 0.0849 e. The van der Waals surface area contributed by atoms with E-state index in [0.717, 1.165) is 24.3 Å². The topological polar surface area (TPSA) is 48.7 Å². The Balaban J connectivity index is 2.51. The average molecular weight is 210 g/mol. The summed E-state index contributed by atoms with van der Waals surface area (Å²) in [6.07, 6.45) is 3.11. The molecule has 74 valence electrons. The van der Waals surface area contributed by atoms with Crippen LogP contribution in [0, 0.1) is 18.3 Å². The lowest BCUT2D eigenvalue weighted by atomic mass is 10.3. The average Bonchev–Trinajstić information content (AvgIpc) is 2.19. The molecular weight excluding hydrogens is 198 g/mol. The molecule has 0 saturated carbocycles. The first-order valence-electron chi connectivity index (χ1n) is 4.47. The molecule has 0 aliphatic rings. The second kappa shape index (κ2) is 5.46. The number of hydrogen-bond acceptors (Lipinski definition) is 3. The second-order valence-electron chi connectivity index (χ2n) is 2.95. The number of halogens is 1. The van der Waals surface area contributed by atoms with Crippen LogP contribution in [0.4, 0.5) is 5.69 Å². The van der Waals surface area contributed by atoms with E-state index in [0.29, 0.717) is 11.4 Å². The summed E-state index contributed by atoms with van der Waals surface area (Å²) in [7, 11) is 0. The molecule has 14 heavy (non-hydrogen) atoms. The van der Waals surface area contributed by atoms with Crippen LogP contribution >= 0.6 is 11.6 Å². The zero-order chi connectivity index (χ0) is 10.4. The Kier molecular flexibility index (Phi) is 4.21. The van der Waals surface area contributed by atoms with Crippen molar-refractivity contribution in [3.05, 3.63) is 23.0 Å². The molecule has 1 heterocycles. The minimum atomic E-state index is 0.564. The van der Waals surface area contributed by atoms with Crippen molar-refractivity contribution in [3.8, 4) is 6.07 Å². The van der Waals surface area contributed by atoms with E-state index in [1.54, 1.807) is 6.20 Å². The molecule has 0 atom stereocenters. The van der Waals surface area contributed by atoms with Gasteiger partial charge in [-0.3, -0.25) is 4.98 Å². The number of nitrogens with one attached hydrogen (secondary N) is 1. The van der Waals surface area contributed by atoms with E-state index in [9.17, 15) is 0 Å². The molecule has 1 aromatic rings. The van der Waals surface area contributed by atoms with Crippen LogP contribution in [-0.4, -0.2) is 11.5 Å². The van der Waals surface area contributed by atoms with E-state index < -0.39 is 0 Å². The summed E-state index contributed by atoms with van der Waals surface area (Å²) in [5, 5.41) is 12.2. The highest BCUT2D eigenvalue weighted by Crippen LogP contribution is 2.23. The predicted molar refractivity (Wildman–Crippen MR) is 57.3 cm³/mol. The monoisotopic (exact) mass is 209 g/mol. The maximum absolute atomic E-state index is 8.35. The summed E-state index contributed by atoms with van der Waals surface area (Å²) < 4.78 is 0. The molecule has 0 spiro atoms. The quantitative estimate of drug-likeness (QED) is 0.776. The van der Waals surface area contributed by atoms with Crippen molar-refractivity contribution in [1.82, 2.24) is 4.98 Å². The number of anilines is 1. The number of aromatic nitrogens is 1. The van der Waals surface area contributed by atoms with Crippen LogP contribution in [0.25, 0.3) is 0 Å². The highest BCUT2D eigenvalue weighted by molar-refractivity contribution is 6.33. The zero-order valence-electron chi connectivity index (χ0n) is 8.05. The van der Waals surface area contributed by atoms with Crippen LogP contribution in [0.3, 0.4) is 0 Å². The first-order valence-corrected chi connectivity index (χ1v) is 4.85. The largest absolute Gasteiger partial charge is 0.384 e. The first kappa shape index (κ1) is 10.8. The van der Waals surface area contributed by atoms with Gasteiger partial charge in [-0.25, -0.2) is 0 Å². The van der Waals surface area contributed by atoms with Gasteiger partial charge in [0.05, 0.1) is 22.5 Å². The van der Waals surface area contributed by atoms with E-state index in [-0.39, 0.29) is 0 Å². The molecule has 0 saturated heterocycles. The van der Waals surface area contributed by atoms with Crippen LogP contribution < -0.4 is 5.32 Å². The molecule has 3 nitrogen and oxygen atoms in total. The molecule has 0 radical (unpaired) electrons. The molecule has 0 amide bonds. The highest BCUT2D eigenvalue weighted by atomic mass is 35.5. The third kappa shape index (κ3) is 2.90. The Morgan fingerprint density at radius 2 is 2.43 bits per heavy atom. The Hall–Kier alpha value is -1.27. The van der Waals surface area contributed by atoms with Crippen molar-refractivity contribution in [2.75, 3.05) is 11.9 Å². The molecule has 0 aliphatic heterocycles. The summed E-state index contributed by atoms with van der Waals surface area (Å²) in [4.78, 5) is 4.06. The molecular formula is C10H12ClN3. The van der Waals surface area contributed by atoms with E-state index >= 15 is 0 Å². The molecule has 1 N–H and O–H groups in total.